The van der Waals surface area contributed by atoms with Crippen molar-refractivity contribution >= 4 is 23.5 Å². The van der Waals surface area contributed by atoms with Crippen LogP contribution in [0, 0.1) is 41.5 Å². The number of carbonyl (C=O) groups excluding carboxylic acids is 3. The lowest BCUT2D eigenvalue weighted by Crippen LogP contribution is -2.45. The molecule has 1 heterocycles. The topological polar surface area (TPSA) is 63.7 Å². The third-order valence-electron chi connectivity index (χ3n) is 7.96. The Morgan fingerprint density at radius 1 is 0.769 bits per heavy atom. The van der Waals surface area contributed by atoms with E-state index in [9.17, 15) is 14.4 Å². The molecule has 0 bridgehead atoms. The smallest absolute Gasteiger partial charge is 0.181 e. The third-order valence-corrected chi connectivity index (χ3v) is 7.96. The first-order chi connectivity index (χ1) is 18.6. The van der Waals surface area contributed by atoms with E-state index >= 15 is 0 Å². The van der Waals surface area contributed by atoms with Gasteiger partial charge in [0.05, 0.1) is 13.2 Å². The maximum absolute atomic E-state index is 14.9. The SMILES string of the molecule is Cc1cc(C)c(C(=O)C(CCC=O)(C(=O)c2c(C)cc(C)cc2C)c2ccc(N3CCOCC3)cc2)c(C)c1. The van der Waals surface area contributed by atoms with E-state index in [4.69, 9.17) is 4.74 Å². The number of rotatable bonds is 9. The molecule has 1 aliphatic heterocycles. The molecule has 0 aromatic heterocycles. The van der Waals surface area contributed by atoms with Crippen molar-refractivity contribution in [3.05, 3.63) is 98.6 Å². The van der Waals surface area contributed by atoms with Gasteiger partial charge < -0.3 is 14.4 Å². The first-order valence-electron chi connectivity index (χ1n) is 13.7. The molecule has 0 saturated carbocycles. The van der Waals surface area contributed by atoms with E-state index in [1.54, 1.807) is 0 Å². The predicted molar refractivity (Wildman–Crippen MR) is 156 cm³/mol. The van der Waals surface area contributed by atoms with Crippen LogP contribution in [0.15, 0.2) is 48.5 Å². The molecule has 0 unspecified atom stereocenters. The molecule has 1 aliphatic rings. The van der Waals surface area contributed by atoms with E-state index < -0.39 is 5.41 Å². The lowest BCUT2D eigenvalue weighted by atomic mass is 9.65. The van der Waals surface area contributed by atoms with Crippen molar-refractivity contribution in [1.82, 2.24) is 0 Å². The predicted octanol–water partition coefficient (Wildman–Crippen LogP) is 6.36. The number of Topliss-reactive ketones (excluding diaryl/α,β-unsaturated/α-hetero) is 2. The average Bonchev–Trinajstić information content (AvgIpc) is 2.89. The van der Waals surface area contributed by atoms with E-state index in [0.717, 1.165) is 58.4 Å². The fourth-order valence-corrected chi connectivity index (χ4v) is 6.29. The summed E-state index contributed by atoms with van der Waals surface area (Å²) in [7, 11) is 0. The Morgan fingerprint density at radius 2 is 1.21 bits per heavy atom. The monoisotopic (exact) mass is 525 g/mol. The second-order valence-corrected chi connectivity index (χ2v) is 11.0. The summed E-state index contributed by atoms with van der Waals surface area (Å²) >= 11 is 0. The van der Waals surface area contributed by atoms with Gasteiger partial charge in [0.2, 0.25) is 0 Å². The van der Waals surface area contributed by atoms with Crippen LogP contribution < -0.4 is 4.90 Å². The highest BCUT2D eigenvalue weighted by Gasteiger charge is 2.49. The van der Waals surface area contributed by atoms with Gasteiger partial charge in [0, 0.05) is 36.3 Å². The van der Waals surface area contributed by atoms with Gasteiger partial charge in [-0.15, -0.1) is 0 Å². The van der Waals surface area contributed by atoms with Gasteiger partial charge in [-0.2, -0.15) is 0 Å². The summed E-state index contributed by atoms with van der Waals surface area (Å²) in [6.07, 6.45) is 1.00. The molecular formula is C34H39NO4. The van der Waals surface area contributed by atoms with Crippen LogP contribution in [0.25, 0.3) is 0 Å². The fraction of sp³-hybridized carbons (Fsp3) is 0.382. The van der Waals surface area contributed by atoms with Gasteiger partial charge in [0.15, 0.2) is 11.6 Å². The molecule has 5 heteroatoms. The zero-order chi connectivity index (χ0) is 28.3. The number of anilines is 1. The molecule has 0 radical (unpaired) electrons. The molecule has 39 heavy (non-hydrogen) atoms. The van der Waals surface area contributed by atoms with Crippen LogP contribution in [-0.4, -0.2) is 44.2 Å². The number of carbonyl (C=O) groups is 3. The molecule has 0 spiro atoms. The number of ketones is 2. The van der Waals surface area contributed by atoms with E-state index in [2.05, 4.69) is 4.90 Å². The van der Waals surface area contributed by atoms with Gasteiger partial charge in [-0.1, -0.05) is 47.5 Å². The molecule has 3 aromatic rings. The number of aryl methyl sites for hydroxylation is 6. The molecule has 0 N–H and O–H groups in total. The normalized spacial score (nSPS) is 13.8. The largest absolute Gasteiger partial charge is 0.378 e. The molecule has 0 amide bonds. The highest BCUT2D eigenvalue weighted by atomic mass is 16.5. The van der Waals surface area contributed by atoms with E-state index in [1.165, 1.54) is 0 Å². The van der Waals surface area contributed by atoms with Crippen LogP contribution in [0.4, 0.5) is 5.69 Å². The summed E-state index contributed by atoms with van der Waals surface area (Å²) in [5.74, 6) is -0.495. The maximum Gasteiger partial charge on any atom is 0.181 e. The van der Waals surface area contributed by atoms with Gasteiger partial charge >= 0.3 is 0 Å². The summed E-state index contributed by atoms with van der Waals surface area (Å²) in [6, 6.07) is 15.7. The van der Waals surface area contributed by atoms with Gasteiger partial charge in [0.1, 0.15) is 11.7 Å². The second-order valence-electron chi connectivity index (χ2n) is 11.0. The molecule has 3 aromatic carbocycles. The lowest BCUT2D eigenvalue weighted by molar-refractivity contribution is -0.108. The van der Waals surface area contributed by atoms with Crippen molar-refractivity contribution in [2.45, 2.75) is 59.8 Å². The van der Waals surface area contributed by atoms with Crippen molar-refractivity contribution < 1.29 is 19.1 Å². The minimum atomic E-state index is -1.54. The number of nitrogens with zero attached hydrogens (tertiary/aromatic N) is 1. The quantitative estimate of drug-likeness (QED) is 0.185. The third kappa shape index (κ3) is 5.46. The number of aldehydes is 1. The van der Waals surface area contributed by atoms with Crippen molar-refractivity contribution in [3.8, 4) is 0 Å². The summed E-state index contributed by atoms with van der Waals surface area (Å²) in [6.45, 7) is 14.6. The summed E-state index contributed by atoms with van der Waals surface area (Å²) in [4.78, 5) is 43.7. The summed E-state index contributed by atoms with van der Waals surface area (Å²) in [5.41, 5.74) is 6.68. The van der Waals surface area contributed by atoms with E-state index in [0.29, 0.717) is 29.9 Å². The molecule has 1 saturated heterocycles. The van der Waals surface area contributed by atoms with Gasteiger partial charge in [-0.05, 0) is 87.9 Å². The van der Waals surface area contributed by atoms with Crippen LogP contribution >= 0.6 is 0 Å². The Kier molecular flexibility index (Phi) is 8.51. The van der Waals surface area contributed by atoms with Crippen molar-refractivity contribution in [3.63, 3.8) is 0 Å². The van der Waals surface area contributed by atoms with Crippen LogP contribution in [0.2, 0.25) is 0 Å². The fourth-order valence-electron chi connectivity index (χ4n) is 6.29. The Morgan fingerprint density at radius 3 is 1.62 bits per heavy atom. The number of ether oxygens (including phenoxy) is 1. The summed E-state index contributed by atoms with van der Waals surface area (Å²) in [5, 5.41) is 0. The Labute approximate surface area is 232 Å². The van der Waals surface area contributed by atoms with Gasteiger partial charge in [0.25, 0.3) is 0 Å². The Hall–Kier alpha value is -3.57. The van der Waals surface area contributed by atoms with Gasteiger partial charge in [-0.25, -0.2) is 0 Å². The standard InChI is InChI=1S/C34H39NO4/c1-22-18-24(3)30(25(4)19-22)32(37)34(12-7-15-36,33(38)31-26(5)20-23(2)21-27(31)6)28-8-10-29(11-9-28)35-13-16-39-17-14-35/h8-11,15,18-21H,7,12-14,16-17H2,1-6H3. The van der Waals surface area contributed by atoms with Gasteiger partial charge in [-0.3, -0.25) is 9.59 Å². The number of hydrogen-bond donors (Lipinski definition) is 0. The van der Waals surface area contributed by atoms with Crippen LogP contribution in [0.1, 0.15) is 72.5 Å². The van der Waals surface area contributed by atoms with Crippen molar-refractivity contribution in [1.29, 1.82) is 0 Å². The van der Waals surface area contributed by atoms with Crippen LogP contribution in [0.5, 0.6) is 0 Å². The molecule has 1 fully saturated rings. The van der Waals surface area contributed by atoms with E-state index in [-0.39, 0.29) is 24.4 Å². The molecule has 5 nitrogen and oxygen atoms in total. The number of morpholine rings is 1. The maximum atomic E-state index is 14.9. The zero-order valence-electron chi connectivity index (χ0n) is 24.0. The highest BCUT2D eigenvalue weighted by molar-refractivity contribution is 6.25. The molecule has 4 rings (SSSR count). The summed E-state index contributed by atoms with van der Waals surface area (Å²) < 4.78 is 5.50. The first kappa shape index (κ1) is 28.4. The first-order valence-corrected chi connectivity index (χ1v) is 13.7. The molecule has 0 atom stereocenters. The van der Waals surface area contributed by atoms with Crippen LogP contribution in [0.3, 0.4) is 0 Å². The van der Waals surface area contributed by atoms with Crippen molar-refractivity contribution in [2.75, 3.05) is 31.2 Å². The Balaban J connectivity index is 1.97. The molecule has 204 valence electrons. The molecule has 0 aliphatic carbocycles. The minimum Gasteiger partial charge on any atom is -0.378 e. The highest BCUT2D eigenvalue weighted by Crippen LogP contribution is 2.40. The Bertz CT molecular complexity index is 1280. The number of benzene rings is 3. The minimum absolute atomic E-state index is 0.0939. The zero-order valence-corrected chi connectivity index (χ0v) is 24.0. The van der Waals surface area contributed by atoms with Crippen LogP contribution in [-0.2, 0) is 14.9 Å². The number of hydrogen-bond acceptors (Lipinski definition) is 5. The second kappa shape index (κ2) is 11.7. The molecular weight excluding hydrogens is 486 g/mol. The lowest BCUT2D eigenvalue weighted by Gasteiger charge is -2.34. The van der Waals surface area contributed by atoms with Crippen molar-refractivity contribution in [2.24, 2.45) is 0 Å². The van der Waals surface area contributed by atoms with E-state index in [1.807, 2.05) is 90.1 Å². The average molecular weight is 526 g/mol.